The average Bonchev–Trinajstić information content (AvgIpc) is 2.33. The van der Waals surface area contributed by atoms with Crippen molar-refractivity contribution in [2.24, 2.45) is 17.6 Å². The maximum atomic E-state index is 12.5. The Bertz CT molecular complexity index is 435. The third-order valence-electron chi connectivity index (χ3n) is 4.16. The van der Waals surface area contributed by atoms with Crippen LogP contribution in [0, 0.1) is 11.8 Å². The van der Waals surface area contributed by atoms with Crippen LogP contribution in [0.4, 0.5) is 0 Å². The molecule has 0 radical (unpaired) electrons. The van der Waals surface area contributed by atoms with Crippen LogP contribution in [-0.2, 0) is 0 Å². The number of ketones is 1. The summed E-state index contributed by atoms with van der Waals surface area (Å²) in [6.45, 7) is 4.73. The standard InChI is InChI=1S/C17H25NO/c1-12(2)9-16(11-18)17(19)15-8-4-7-14(10-15)13-5-3-6-13/h4,7-8,10,12-13,16H,3,5-6,9,11,18H2,1-2H3. The lowest BCUT2D eigenvalue weighted by atomic mass is 9.79. The van der Waals surface area contributed by atoms with E-state index >= 15 is 0 Å². The molecule has 1 aromatic rings. The van der Waals surface area contributed by atoms with E-state index in [1.54, 1.807) is 0 Å². The smallest absolute Gasteiger partial charge is 0.167 e. The molecule has 2 heteroatoms. The molecule has 0 amide bonds. The first-order chi connectivity index (χ1) is 9.11. The van der Waals surface area contributed by atoms with Crippen LogP contribution in [0.5, 0.6) is 0 Å². The molecule has 2 nitrogen and oxygen atoms in total. The summed E-state index contributed by atoms with van der Waals surface area (Å²) in [7, 11) is 0. The van der Waals surface area contributed by atoms with E-state index in [1.807, 2.05) is 12.1 Å². The maximum Gasteiger partial charge on any atom is 0.167 e. The maximum absolute atomic E-state index is 12.5. The summed E-state index contributed by atoms with van der Waals surface area (Å²) in [5.74, 6) is 1.37. The van der Waals surface area contributed by atoms with E-state index in [0.29, 0.717) is 18.4 Å². The highest BCUT2D eigenvalue weighted by molar-refractivity contribution is 5.98. The lowest BCUT2D eigenvalue weighted by Crippen LogP contribution is -2.25. The molecule has 1 aliphatic rings. The second-order valence-electron chi connectivity index (χ2n) is 6.18. The van der Waals surface area contributed by atoms with Gasteiger partial charge in [-0.3, -0.25) is 4.79 Å². The Balaban J connectivity index is 2.13. The fourth-order valence-electron chi connectivity index (χ4n) is 2.80. The number of rotatable bonds is 6. The van der Waals surface area contributed by atoms with Gasteiger partial charge in [-0.05, 0) is 42.7 Å². The third kappa shape index (κ3) is 3.44. The summed E-state index contributed by atoms with van der Waals surface area (Å²) in [5, 5.41) is 0. The summed E-state index contributed by atoms with van der Waals surface area (Å²) < 4.78 is 0. The molecule has 0 heterocycles. The van der Waals surface area contributed by atoms with Gasteiger partial charge in [-0.1, -0.05) is 38.5 Å². The molecular formula is C17H25NO. The predicted molar refractivity (Wildman–Crippen MR) is 79.4 cm³/mol. The Hall–Kier alpha value is -1.15. The minimum absolute atomic E-state index is 0.0309. The van der Waals surface area contributed by atoms with Crippen LogP contribution in [0.15, 0.2) is 24.3 Å². The highest BCUT2D eigenvalue weighted by Crippen LogP contribution is 2.36. The first kappa shape index (κ1) is 14.3. The fraction of sp³-hybridized carbons (Fsp3) is 0.588. The van der Waals surface area contributed by atoms with E-state index in [2.05, 4.69) is 26.0 Å². The molecule has 19 heavy (non-hydrogen) atoms. The highest BCUT2D eigenvalue weighted by atomic mass is 16.1. The van der Waals surface area contributed by atoms with Gasteiger partial charge < -0.3 is 5.73 Å². The number of carbonyl (C=O) groups excluding carboxylic acids is 1. The van der Waals surface area contributed by atoms with Crippen molar-refractivity contribution in [1.82, 2.24) is 0 Å². The molecule has 2 N–H and O–H groups in total. The van der Waals surface area contributed by atoms with Crippen molar-refractivity contribution in [3.8, 4) is 0 Å². The number of benzene rings is 1. The van der Waals surface area contributed by atoms with Gasteiger partial charge in [0.1, 0.15) is 0 Å². The van der Waals surface area contributed by atoms with Gasteiger partial charge in [0.25, 0.3) is 0 Å². The van der Waals surface area contributed by atoms with Gasteiger partial charge in [-0.25, -0.2) is 0 Å². The Morgan fingerprint density at radius 1 is 1.37 bits per heavy atom. The zero-order valence-electron chi connectivity index (χ0n) is 12.1. The van der Waals surface area contributed by atoms with E-state index in [4.69, 9.17) is 5.73 Å². The Kier molecular flexibility index (Phi) is 4.76. The molecule has 2 rings (SSSR count). The summed E-state index contributed by atoms with van der Waals surface area (Å²) >= 11 is 0. The van der Waals surface area contributed by atoms with Crippen LogP contribution in [-0.4, -0.2) is 12.3 Å². The average molecular weight is 259 g/mol. The van der Waals surface area contributed by atoms with E-state index in [9.17, 15) is 4.79 Å². The molecule has 0 aromatic heterocycles. The van der Waals surface area contributed by atoms with Crippen LogP contribution in [0.1, 0.15) is 61.4 Å². The minimum Gasteiger partial charge on any atom is -0.330 e. The minimum atomic E-state index is -0.0309. The van der Waals surface area contributed by atoms with Gasteiger partial charge in [0.15, 0.2) is 5.78 Å². The molecule has 1 fully saturated rings. The van der Waals surface area contributed by atoms with E-state index in [1.165, 1.54) is 24.8 Å². The molecule has 0 saturated heterocycles. The van der Waals surface area contributed by atoms with Gasteiger partial charge >= 0.3 is 0 Å². The molecule has 1 atom stereocenters. The van der Waals surface area contributed by atoms with Crippen molar-refractivity contribution >= 4 is 5.78 Å². The van der Waals surface area contributed by atoms with Gasteiger partial charge in [-0.15, -0.1) is 0 Å². The normalized spacial score (nSPS) is 17.3. The predicted octanol–water partition coefficient (Wildman–Crippen LogP) is 3.76. The second-order valence-corrected chi connectivity index (χ2v) is 6.18. The largest absolute Gasteiger partial charge is 0.330 e. The Morgan fingerprint density at radius 3 is 2.63 bits per heavy atom. The van der Waals surface area contributed by atoms with Gasteiger partial charge in [0.05, 0.1) is 0 Å². The van der Waals surface area contributed by atoms with Gasteiger partial charge in [0.2, 0.25) is 0 Å². The first-order valence-electron chi connectivity index (χ1n) is 7.46. The Morgan fingerprint density at radius 2 is 2.11 bits per heavy atom. The number of carbonyl (C=O) groups is 1. The van der Waals surface area contributed by atoms with Crippen molar-refractivity contribution < 1.29 is 4.79 Å². The molecule has 1 saturated carbocycles. The summed E-state index contributed by atoms with van der Waals surface area (Å²) in [6.07, 6.45) is 4.73. The van der Waals surface area contributed by atoms with Crippen LogP contribution in [0.3, 0.4) is 0 Å². The number of nitrogens with two attached hydrogens (primary N) is 1. The Labute approximate surface area is 116 Å². The van der Waals surface area contributed by atoms with Gasteiger partial charge in [0, 0.05) is 18.0 Å². The number of Topliss-reactive ketones (excluding diaryl/α,β-unsaturated/α-hetero) is 1. The zero-order chi connectivity index (χ0) is 13.8. The zero-order valence-corrected chi connectivity index (χ0v) is 12.1. The quantitative estimate of drug-likeness (QED) is 0.790. The van der Waals surface area contributed by atoms with Gasteiger partial charge in [-0.2, -0.15) is 0 Å². The monoisotopic (exact) mass is 259 g/mol. The summed E-state index contributed by atoms with van der Waals surface area (Å²) in [4.78, 5) is 12.5. The van der Waals surface area contributed by atoms with Crippen molar-refractivity contribution in [2.45, 2.75) is 45.4 Å². The SMILES string of the molecule is CC(C)CC(CN)C(=O)c1cccc(C2CCC2)c1. The van der Waals surface area contributed by atoms with E-state index in [0.717, 1.165) is 12.0 Å². The third-order valence-corrected chi connectivity index (χ3v) is 4.16. The molecular weight excluding hydrogens is 234 g/mol. The van der Waals surface area contributed by atoms with Crippen LogP contribution in [0.25, 0.3) is 0 Å². The van der Waals surface area contributed by atoms with E-state index < -0.39 is 0 Å². The molecule has 104 valence electrons. The van der Waals surface area contributed by atoms with Crippen molar-refractivity contribution in [3.63, 3.8) is 0 Å². The van der Waals surface area contributed by atoms with Crippen LogP contribution < -0.4 is 5.73 Å². The molecule has 0 spiro atoms. The second kappa shape index (κ2) is 6.33. The highest BCUT2D eigenvalue weighted by Gasteiger charge is 2.23. The van der Waals surface area contributed by atoms with E-state index in [-0.39, 0.29) is 11.7 Å². The molecule has 0 aliphatic heterocycles. The first-order valence-corrected chi connectivity index (χ1v) is 7.46. The summed E-state index contributed by atoms with van der Waals surface area (Å²) in [6, 6.07) is 8.20. The van der Waals surface area contributed by atoms with Crippen LogP contribution >= 0.6 is 0 Å². The topological polar surface area (TPSA) is 43.1 Å². The lowest BCUT2D eigenvalue weighted by Gasteiger charge is -2.26. The number of hydrogen-bond acceptors (Lipinski definition) is 2. The fourth-order valence-corrected chi connectivity index (χ4v) is 2.80. The van der Waals surface area contributed by atoms with Crippen molar-refractivity contribution in [3.05, 3.63) is 35.4 Å². The summed E-state index contributed by atoms with van der Waals surface area (Å²) in [5.41, 5.74) is 7.95. The molecule has 0 bridgehead atoms. The molecule has 1 aromatic carbocycles. The molecule has 1 aliphatic carbocycles. The number of hydrogen-bond donors (Lipinski definition) is 1. The van der Waals surface area contributed by atoms with Crippen LogP contribution in [0.2, 0.25) is 0 Å². The molecule has 1 unspecified atom stereocenters. The van der Waals surface area contributed by atoms with Crippen molar-refractivity contribution in [1.29, 1.82) is 0 Å². The van der Waals surface area contributed by atoms with Crippen molar-refractivity contribution in [2.75, 3.05) is 6.54 Å². The lowest BCUT2D eigenvalue weighted by molar-refractivity contribution is 0.0908.